The molecule has 2 aromatic carbocycles. The normalized spacial score (nSPS) is 17.0. The summed E-state index contributed by atoms with van der Waals surface area (Å²) in [4.78, 5) is 10.6. The summed E-state index contributed by atoms with van der Waals surface area (Å²) >= 11 is 0. The zero-order valence-corrected chi connectivity index (χ0v) is 16.5. The molecule has 2 heteroatoms. The molecule has 3 rings (SSSR count). The minimum atomic E-state index is -0.947. The number of carboxylic acid groups (broad SMARTS) is 1. The molecule has 1 N–H and O–H groups in total. The van der Waals surface area contributed by atoms with Crippen molar-refractivity contribution in [3.63, 3.8) is 0 Å². The summed E-state index contributed by atoms with van der Waals surface area (Å²) in [5, 5.41) is 8.68. The van der Waals surface area contributed by atoms with Gasteiger partial charge < -0.3 is 5.11 Å². The lowest BCUT2D eigenvalue weighted by Crippen LogP contribution is -2.33. The van der Waals surface area contributed by atoms with Gasteiger partial charge in [0.05, 0.1) is 0 Å². The molecule has 0 bridgehead atoms. The van der Waals surface area contributed by atoms with E-state index in [1.165, 1.54) is 24.0 Å². The molecule has 27 heavy (non-hydrogen) atoms. The molecule has 2 nitrogen and oxygen atoms in total. The predicted octanol–water partition coefficient (Wildman–Crippen LogP) is 5.53. The van der Waals surface area contributed by atoms with Gasteiger partial charge in [0.2, 0.25) is 0 Å². The Balaban J connectivity index is 1.87. The van der Waals surface area contributed by atoms with E-state index in [0.29, 0.717) is 0 Å². The van der Waals surface area contributed by atoms with Gasteiger partial charge in [-0.3, -0.25) is 0 Å². The molecule has 1 aliphatic carbocycles. The number of hydrogen-bond acceptors (Lipinski definition) is 1. The molecule has 0 spiro atoms. The number of aliphatic carboxylic acids is 1. The lowest BCUT2D eigenvalue weighted by molar-refractivity contribution is -0.131. The lowest BCUT2D eigenvalue weighted by Gasteiger charge is -2.41. The highest BCUT2D eigenvalue weighted by Crippen LogP contribution is 2.45. The molecule has 0 heterocycles. The molecular formula is C25H26O2. The fourth-order valence-electron chi connectivity index (χ4n) is 3.66. The summed E-state index contributed by atoms with van der Waals surface area (Å²) in [5.74, 6) is 5.55. The van der Waals surface area contributed by atoms with Crippen molar-refractivity contribution in [3.8, 4) is 11.8 Å². The van der Waals surface area contributed by atoms with Gasteiger partial charge in [-0.25, -0.2) is 4.79 Å². The Kier molecular flexibility index (Phi) is 4.98. The summed E-state index contributed by atoms with van der Waals surface area (Å²) in [6.07, 6.45) is 5.11. The zero-order chi connectivity index (χ0) is 19.7. The summed E-state index contributed by atoms with van der Waals surface area (Å²) in [6.45, 7) is 9.29. The van der Waals surface area contributed by atoms with Crippen LogP contribution in [-0.2, 0) is 15.6 Å². The molecule has 0 atom stereocenters. The smallest absolute Gasteiger partial charge is 0.328 e. The molecule has 0 fully saturated rings. The number of hydrogen-bond donors (Lipinski definition) is 1. The standard InChI is InChI=1S/C25H26O2/c1-24(2)15-16-25(3,4)22-17-20(11-13-21(22)24)10-9-18-5-7-19(8-6-18)12-14-23(26)27/h5-8,11-14,17H,15-16H2,1-4H3,(H,26,27)/b14-12+. The van der Waals surface area contributed by atoms with Crippen LogP contribution in [0.25, 0.3) is 6.08 Å². The van der Waals surface area contributed by atoms with Crippen LogP contribution < -0.4 is 0 Å². The van der Waals surface area contributed by atoms with Crippen LogP contribution in [0.5, 0.6) is 0 Å². The van der Waals surface area contributed by atoms with Crippen LogP contribution in [0.15, 0.2) is 48.5 Å². The van der Waals surface area contributed by atoms with Crippen molar-refractivity contribution in [3.05, 3.63) is 76.4 Å². The van der Waals surface area contributed by atoms with Crippen molar-refractivity contribution < 1.29 is 9.90 Å². The average molecular weight is 358 g/mol. The summed E-state index contributed by atoms with van der Waals surface area (Å²) < 4.78 is 0. The highest BCUT2D eigenvalue weighted by Gasteiger charge is 2.36. The van der Waals surface area contributed by atoms with Crippen molar-refractivity contribution in [1.82, 2.24) is 0 Å². The molecule has 0 saturated heterocycles. The summed E-state index contributed by atoms with van der Waals surface area (Å²) in [5.41, 5.74) is 6.06. The Morgan fingerprint density at radius 2 is 1.44 bits per heavy atom. The first-order chi connectivity index (χ1) is 12.7. The Labute approximate surface area is 161 Å². The van der Waals surface area contributed by atoms with Crippen molar-refractivity contribution in [2.75, 3.05) is 0 Å². The van der Waals surface area contributed by atoms with E-state index in [1.54, 1.807) is 6.08 Å². The van der Waals surface area contributed by atoms with Crippen LogP contribution >= 0.6 is 0 Å². The SMILES string of the molecule is CC1(C)CCC(C)(C)c2cc(C#Cc3ccc(/C=C/C(=O)O)cc3)ccc21. The topological polar surface area (TPSA) is 37.3 Å². The third kappa shape index (κ3) is 4.31. The Morgan fingerprint density at radius 1 is 0.889 bits per heavy atom. The number of carboxylic acids is 1. The first kappa shape index (κ1) is 19.0. The molecule has 138 valence electrons. The van der Waals surface area contributed by atoms with Crippen LogP contribution in [0, 0.1) is 11.8 Å². The van der Waals surface area contributed by atoms with Gasteiger partial charge in [0, 0.05) is 17.2 Å². The fraction of sp³-hybridized carbons (Fsp3) is 0.320. The van der Waals surface area contributed by atoms with Crippen molar-refractivity contribution >= 4 is 12.0 Å². The molecule has 0 aromatic heterocycles. The van der Waals surface area contributed by atoms with Gasteiger partial charge in [0.1, 0.15) is 0 Å². The van der Waals surface area contributed by atoms with Crippen molar-refractivity contribution in [2.45, 2.75) is 51.4 Å². The maximum atomic E-state index is 10.6. The van der Waals surface area contributed by atoms with Crippen LogP contribution in [0.4, 0.5) is 0 Å². The second kappa shape index (κ2) is 7.08. The second-order valence-corrected chi connectivity index (χ2v) is 8.57. The van der Waals surface area contributed by atoms with Gasteiger partial charge in [-0.2, -0.15) is 0 Å². The number of rotatable bonds is 2. The number of fused-ring (bicyclic) bond motifs is 1. The van der Waals surface area contributed by atoms with Crippen molar-refractivity contribution in [1.29, 1.82) is 0 Å². The molecule has 2 aromatic rings. The van der Waals surface area contributed by atoms with Crippen LogP contribution in [0.2, 0.25) is 0 Å². The van der Waals surface area contributed by atoms with Crippen molar-refractivity contribution in [2.24, 2.45) is 0 Å². The summed E-state index contributed by atoms with van der Waals surface area (Å²) in [7, 11) is 0. The van der Waals surface area contributed by atoms with E-state index in [-0.39, 0.29) is 10.8 Å². The lowest BCUT2D eigenvalue weighted by atomic mass is 9.63. The predicted molar refractivity (Wildman–Crippen MR) is 111 cm³/mol. The Morgan fingerprint density at radius 3 is 2.07 bits per heavy atom. The molecule has 0 amide bonds. The molecular weight excluding hydrogens is 332 g/mol. The van der Waals surface area contributed by atoms with Gasteiger partial charge in [-0.15, -0.1) is 0 Å². The van der Waals surface area contributed by atoms with E-state index in [1.807, 2.05) is 24.3 Å². The Hall–Kier alpha value is -2.79. The van der Waals surface area contributed by atoms with Gasteiger partial charge in [0.15, 0.2) is 0 Å². The minimum absolute atomic E-state index is 0.181. The molecule has 0 aliphatic heterocycles. The van der Waals surface area contributed by atoms with Crippen LogP contribution in [-0.4, -0.2) is 11.1 Å². The summed E-state index contributed by atoms with van der Waals surface area (Å²) in [6, 6.07) is 14.2. The van der Waals surface area contributed by atoms with Gasteiger partial charge >= 0.3 is 5.97 Å². The van der Waals surface area contributed by atoms with Gasteiger partial charge in [-0.1, -0.05) is 57.7 Å². The van der Waals surface area contributed by atoms with E-state index < -0.39 is 5.97 Å². The quantitative estimate of drug-likeness (QED) is 0.566. The molecule has 0 saturated carbocycles. The minimum Gasteiger partial charge on any atom is -0.478 e. The van der Waals surface area contributed by atoms with Crippen LogP contribution in [0.1, 0.15) is 68.4 Å². The number of benzene rings is 2. The van der Waals surface area contributed by atoms with E-state index in [9.17, 15) is 4.79 Å². The van der Waals surface area contributed by atoms with Gasteiger partial charge in [-0.05, 0) is 70.7 Å². The third-order valence-electron chi connectivity index (χ3n) is 5.53. The monoisotopic (exact) mass is 358 g/mol. The van der Waals surface area contributed by atoms with E-state index in [0.717, 1.165) is 22.8 Å². The van der Waals surface area contributed by atoms with E-state index >= 15 is 0 Å². The maximum Gasteiger partial charge on any atom is 0.328 e. The third-order valence-corrected chi connectivity index (χ3v) is 5.53. The molecule has 0 radical (unpaired) electrons. The van der Waals surface area contributed by atoms with E-state index in [2.05, 4.69) is 57.7 Å². The second-order valence-electron chi connectivity index (χ2n) is 8.57. The fourth-order valence-corrected chi connectivity index (χ4v) is 3.66. The largest absolute Gasteiger partial charge is 0.478 e. The first-order valence-corrected chi connectivity index (χ1v) is 9.35. The van der Waals surface area contributed by atoms with Gasteiger partial charge in [0.25, 0.3) is 0 Å². The highest BCUT2D eigenvalue weighted by atomic mass is 16.4. The zero-order valence-electron chi connectivity index (χ0n) is 16.5. The van der Waals surface area contributed by atoms with Crippen LogP contribution in [0.3, 0.4) is 0 Å². The Bertz CT molecular complexity index is 948. The first-order valence-electron chi connectivity index (χ1n) is 9.35. The maximum absolute atomic E-state index is 10.6. The molecule has 0 unspecified atom stereocenters. The average Bonchev–Trinajstić information content (AvgIpc) is 2.63. The van der Waals surface area contributed by atoms with E-state index in [4.69, 9.17) is 5.11 Å². The molecule has 1 aliphatic rings. The highest BCUT2D eigenvalue weighted by molar-refractivity contribution is 5.85. The number of carbonyl (C=O) groups is 1.